The van der Waals surface area contributed by atoms with Crippen molar-refractivity contribution in [2.75, 3.05) is 18.4 Å². The highest BCUT2D eigenvalue weighted by atomic mass is 16.6. The van der Waals surface area contributed by atoms with Crippen LogP contribution in [-0.2, 0) is 11.3 Å². The highest BCUT2D eigenvalue weighted by Gasteiger charge is 2.16. The van der Waals surface area contributed by atoms with Crippen molar-refractivity contribution in [3.05, 3.63) is 69.8 Å². The second-order valence-electron chi connectivity index (χ2n) is 5.95. The zero-order valence-corrected chi connectivity index (χ0v) is 14.6. The van der Waals surface area contributed by atoms with Gasteiger partial charge in [0, 0.05) is 12.6 Å². The van der Waals surface area contributed by atoms with Crippen molar-refractivity contribution in [2.45, 2.75) is 26.8 Å². The first-order valence-electron chi connectivity index (χ1n) is 8.31. The highest BCUT2D eigenvalue weighted by Crippen LogP contribution is 2.25. The Labute approximate surface area is 147 Å². The molecule has 2 aromatic rings. The molecule has 0 aliphatic heterocycles. The molecule has 0 atom stereocenters. The molecule has 0 fully saturated rings. The van der Waals surface area contributed by atoms with Crippen LogP contribution in [0, 0.1) is 17.0 Å². The molecule has 2 aromatic carbocycles. The first kappa shape index (κ1) is 18.6. The summed E-state index contributed by atoms with van der Waals surface area (Å²) in [5.74, 6) is -0.173. The molecule has 0 radical (unpaired) electrons. The highest BCUT2D eigenvalue weighted by molar-refractivity contribution is 5.93. The van der Waals surface area contributed by atoms with Gasteiger partial charge in [-0.2, -0.15) is 0 Å². The number of amides is 1. The van der Waals surface area contributed by atoms with Gasteiger partial charge >= 0.3 is 0 Å². The fraction of sp³-hybridized carbons (Fsp3) is 0.316. The summed E-state index contributed by atoms with van der Waals surface area (Å²) in [6.07, 6.45) is 0.940. The van der Waals surface area contributed by atoms with Gasteiger partial charge in [0.1, 0.15) is 0 Å². The molecule has 2 rings (SSSR count). The van der Waals surface area contributed by atoms with Gasteiger partial charge in [0.2, 0.25) is 5.91 Å². The molecule has 0 aliphatic carbocycles. The quantitative estimate of drug-likeness (QED) is 0.586. The van der Waals surface area contributed by atoms with Gasteiger partial charge in [-0.25, -0.2) is 0 Å². The van der Waals surface area contributed by atoms with Crippen molar-refractivity contribution >= 4 is 17.3 Å². The van der Waals surface area contributed by atoms with E-state index in [4.69, 9.17) is 0 Å². The fourth-order valence-electron chi connectivity index (χ4n) is 2.72. The van der Waals surface area contributed by atoms with Crippen LogP contribution in [0.3, 0.4) is 0 Å². The molecule has 1 amide bonds. The number of hydrogen-bond acceptors (Lipinski definition) is 4. The molecule has 0 aromatic heterocycles. The summed E-state index contributed by atoms with van der Waals surface area (Å²) in [4.78, 5) is 25.0. The summed E-state index contributed by atoms with van der Waals surface area (Å²) in [5.41, 5.74) is 2.10. The van der Waals surface area contributed by atoms with Gasteiger partial charge in [-0.15, -0.1) is 0 Å². The van der Waals surface area contributed by atoms with Gasteiger partial charge in [0.25, 0.3) is 5.69 Å². The first-order chi connectivity index (χ1) is 12.0. The Balaban J connectivity index is 2.04. The van der Waals surface area contributed by atoms with E-state index in [2.05, 4.69) is 17.1 Å². The number of carbonyl (C=O) groups is 1. The normalized spacial score (nSPS) is 10.7. The molecular weight excluding hydrogens is 318 g/mol. The largest absolute Gasteiger partial charge is 0.324 e. The van der Waals surface area contributed by atoms with Crippen LogP contribution in [0.2, 0.25) is 0 Å². The third-order valence-electron chi connectivity index (χ3n) is 3.93. The summed E-state index contributed by atoms with van der Waals surface area (Å²) in [6.45, 7) is 5.44. The minimum absolute atomic E-state index is 0.00694. The van der Waals surface area contributed by atoms with E-state index < -0.39 is 4.92 Å². The zero-order valence-electron chi connectivity index (χ0n) is 14.6. The van der Waals surface area contributed by atoms with Crippen LogP contribution in [0.15, 0.2) is 48.5 Å². The van der Waals surface area contributed by atoms with Crippen molar-refractivity contribution in [2.24, 2.45) is 0 Å². The van der Waals surface area contributed by atoms with E-state index in [9.17, 15) is 14.9 Å². The topological polar surface area (TPSA) is 75.5 Å². The molecule has 132 valence electrons. The summed E-state index contributed by atoms with van der Waals surface area (Å²) in [6, 6.07) is 14.7. The lowest BCUT2D eigenvalue weighted by atomic mass is 10.1. The number of nitro benzene ring substituents is 1. The molecule has 0 unspecified atom stereocenters. The van der Waals surface area contributed by atoms with Crippen LogP contribution in [-0.4, -0.2) is 28.8 Å². The van der Waals surface area contributed by atoms with E-state index in [1.54, 1.807) is 19.1 Å². The average molecular weight is 341 g/mol. The maximum absolute atomic E-state index is 12.4. The Hall–Kier alpha value is -2.73. The Kier molecular flexibility index (Phi) is 6.65. The lowest BCUT2D eigenvalue weighted by Crippen LogP contribution is -2.33. The Bertz CT molecular complexity index is 732. The summed E-state index contributed by atoms with van der Waals surface area (Å²) in [7, 11) is 0. The van der Waals surface area contributed by atoms with Crippen LogP contribution in [0.4, 0.5) is 11.4 Å². The van der Waals surface area contributed by atoms with Crippen molar-refractivity contribution in [3.63, 3.8) is 0 Å². The van der Waals surface area contributed by atoms with Gasteiger partial charge in [0.05, 0.1) is 22.7 Å². The SMILES string of the molecule is CCCN(CC(=O)Nc1cccc([N+](=O)[O-])c1C)Cc1ccccc1. The van der Waals surface area contributed by atoms with Crippen LogP contribution in [0.5, 0.6) is 0 Å². The molecule has 6 nitrogen and oxygen atoms in total. The number of benzene rings is 2. The number of hydrogen-bond donors (Lipinski definition) is 1. The summed E-state index contributed by atoms with van der Waals surface area (Å²) < 4.78 is 0. The molecule has 0 spiro atoms. The number of anilines is 1. The number of nitro groups is 1. The molecular formula is C19H23N3O3. The van der Waals surface area contributed by atoms with Gasteiger partial charge in [-0.3, -0.25) is 19.8 Å². The van der Waals surface area contributed by atoms with Gasteiger partial charge < -0.3 is 5.32 Å². The molecule has 0 heterocycles. The fourth-order valence-corrected chi connectivity index (χ4v) is 2.72. The number of rotatable bonds is 8. The number of nitrogens with one attached hydrogen (secondary N) is 1. The molecule has 25 heavy (non-hydrogen) atoms. The predicted molar refractivity (Wildman–Crippen MR) is 98.5 cm³/mol. The number of nitrogens with zero attached hydrogens (tertiary/aromatic N) is 2. The second-order valence-corrected chi connectivity index (χ2v) is 5.95. The second kappa shape index (κ2) is 8.94. The minimum Gasteiger partial charge on any atom is -0.324 e. The molecule has 0 saturated carbocycles. The third kappa shape index (κ3) is 5.39. The van der Waals surface area contributed by atoms with Crippen LogP contribution in [0.25, 0.3) is 0 Å². The van der Waals surface area contributed by atoms with Gasteiger partial charge in [0.15, 0.2) is 0 Å². The van der Waals surface area contributed by atoms with Crippen molar-refractivity contribution < 1.29 is 9.72 Å². The van der Waals surface area contributed by atoms with E-state index in [0.717, 1.165) is 18.5 Å². The predicted octanol–water partition coefficient (Wildman–Crippen LogP) is 3.75. The Morgan fingerprint density at radius 2 is 1.88 bits per heavy atom. The monoisotopic (exact) mass is 341 g/mol. The van der Waals surface area contributed by atoms with E-state index >= 15 is 0 Å². The van der Waals surface area contributed by atoms with Crippen molar-refractivity contribution in [1.82, 2.24) is 4.90 Å². The van der Waals surface area contributed by atoms with E-state index in [-0.39, 0.29) is 18.1 Å². The van der Waals surface area contributed by atoms with E-state index in [0.29, 0.717) is 17.8 Å². The van der Waals surface area contributed by atoms with E-state index in [1.807, 2.05) is 30.3 Å². The third-order valence-corrected chi connectivity index (χ3v) is 3.93. The van der Waals surface area contributed by atoms with E-state index in [1.165, 1.54) is 6.07 Å². The average Bonchev–Trinajstić information content (AvgIpc) is 2.57. The molecule has 0 saturated heterocycles. The Morgan fingerprint density at radius 3 is 2.52 bits per heavy atom. The summed E-state index contributed by atoms with van der Waals surface area (Å²) in [5, 5.41) is 13.8. The molecule has 1 N–H and O–H groups in total. The minimum atomic E-state index is -0.441. The molecule has 6 heteroatoms. The van der Waals surface area contributed by atoms with Crippen LogP contribution >= 0.6 is 0 Å². The van der Waals surface area contributed by atoms with Gasteiger partial charge in [-0.05, 0) is 31.5 Å². The maximum Gasteiger partial charge on any atom is 0.274 e. The Morgan fingerprint density at radius 1 is 1.16 bits per heavy atom. The smallest absolute Gasteiger partial charge is 0.274 e. The maximum atomic E-state index is 12.4. The number of carbonyl (C=O) groups excluding carboxylic acids is 1. The van der Waals surface area contributed by atoms with Crippen LogP contribution < -0.4 is 5.32 Å². The molecule has 0 bridgehead atoms. The first-order valence-corrected chi connectivity index (χ1v) is 8.31. The van der Waals surface area contributed by atoms with Gasteiger partial charge in [-0.1, -0.05) is 43.3 Å². The lowest BCUT2D eigenvalue weighted by molar-refractivity contribution is -0.385. The zero-order chi connectivity index (χ0) is 18.2. The lowest BCUT2D eigenvalue weighted by Gasteiger charge is -2.21. The van der Waals surface area contributed by atoms with Crippen molar-refractivity contribution in [1.29, 1.82) is 0 Å². The van der Waals surface area contributed by atoms with Crippen LogP contribution in [0.1, 0.15) is 24.5 Å². The summed E-state index contributed by atoms with van der Waals surface area (Å²) >= 11 is 0. The van der Waals surface area contributed by atoms with Crippen molar-refractivity contribution in [3.8, 4) is 0 Å². The standard InChI is InChI=1S/C19H23N3O3/c1-3-12-21(13-16-8-5-4-6-9-16)14-19(23)20-17-10-7-11-18(15(17)2)22(24)25/h4-11H,3,12-14H2,1-2H3,(H,20,23). The molecule has 0 aliphatic rings.